The molecule has 31 heavy (non-hydrogen) atoms. The minimum Gasteiger partial charge on any atom is -0.385 e. The van der Waals surface area contributed by atoms with Crippen LogP contribution in [-0.4, -0.2) is 82.4 Å². The zero-order valence-electron chi connectivity index (χ0n) is 16.5. The van der Waals surface area contributed by atoms with E-state index in [9.17, 15) is 15.3 Å². The van der Waals surface area contributed by atoms with Gasteiger partial charge in [-0.05, 0) is 13.3 Å². The molecule has 0 amide bonds. The van der Waals surface area contributed by atoms with E-state index in [0.29, 0.717) is 28.7 Å². The number of anilines is 2. The van der Waals surface area contributed by atoms with Crippen molar-refractivity contribution in [3.63, 3.8) is 0 Å². The topological polar surface area (TPSA) is 155 Å². The molecule has 5 heterocycles. The fourth-order valence-electron chi connectivity index (χ4n) is 4.10. The number of hydrogen-bond donors (Lipinski definition) is 4. The maximum absolute atomic E-state index is 10.4. The maximum Gasteiger partial charge on any atom is 0.186 e. The number of hydrogen-bond acceptors (Lipinski definition) is 11. The Hall–Kier alpha value is -2.64. The lowest BCUT2D eigenvalue weighted by molar-refractivity contribution is -0.186. The molecular weight excluding hydrogens is 428 g/mol. The Morgan fingerprint density at radius 3 is 2.71 bits per heavy atom. The lowest BCUT2D eigenvalue weighted by Crippen LogP contribution is -2.42. The quantitative estimate of drug-likeness (QED) is 0.389. The van der Waals surface area contributed by atoms with Gasteiger partial charge in [0, 0.05) is 25.2 Å². The number of halogens is 1. The number of aromatic nitrogens is 6. The van der Waals surface area contributed by atoms with E-state index in [1.165, 1.54) is 23.5 Å². The van der Waals surface area contributed by atoms with Crippen molar-refractivity contribution in [3.05, 3.63) is 30.2 Å². The van der Waals surface area contributed by atoms with Crippen LogP contribution in [-0.2, 0) is 10.5 Å². The number of nitrogens with one attached hydrogen (secondary N) is 1. The van der Waals surface area contributed by atoms with Crippen LogP contribution in [0.1, 0.15) is 13.3 Å². The van der Waals surface area contributed by atoms with E-state index in [0.717, 1.165) is 18.8 Å². The van der Waals surface area contributed by atoms with Gasteiger partial charge in [-0.25, -0.2) is 24.9 Å². The summed E-state index contributed by atoms with van der Waals surface area (Å²) in [6.45, 7) is 3.04. The van der Waals surface area contributed by atoms with Crippen molar-refractivity contribution >= 4 is 34.4 Å². The molecule has 0 spiro atoms. The van der Waals surface area contributed by atoms with Gasteiger partial charge in [-0.15, -0.1) is 0 Å². The summed E-state index contributed by atoms with van der Waals surface area (Å²) in [6, 6.07) is 1.81. The second-order valence-electron chi connectivity index (χ2n) is 7.78. The second-order valence-corrected chi connectivity index (χ2v) is 8.17. The van der Waals surface area contributed by atoms with E-state index in [1.807, 2.05) is 0 Å². The normalized spacial score (nSPS) is 30.9. The molecule has 2 saturated heterocycles. The summed E-state index contributed by atoms with van der Waals surface area (Å²) in [5.74, 6) is 1.30. The summed E-state index contributed by atoms with van der Waals surface area (Å²) in [6.07, 6.45) is 0.797. The Kier molecular flexibility index (Phi) is 4.90. The van der Waals surface area contributed by atoms with Crippen LogP contribution in [0.5, 0.6) is 0 Å². The smallest absolute Gasteiger partial charge is 0.186 e. The van der Waals surface area contributed by atoms with Crippen LogP contribution in [0.15, 0.2) is 25.0 Å². The first kappa shape index (κ1) is 20.3. The molecule has 0 radical (unpaired) electrons. The molecule has 0 saturated carbocycles. The molecule has 0 aromatic carbocycles. The Morgan fingerprint density at radius 1 is 1.16 bits per heavy atom. The highest BCUT2D eigenvalue weighted by Gasteiger charge is 2.52. The monoisotopic (exact) mass is 448 g/mol. The molecular formula is C18H21ClN8O4. The number of ether oxygens (including phenoxy) is 1. The first-order valence-corrected chi connectivity index (χ1v) is 10.1. The number of fused-ring (bicyclic) bond motifs is 1. The van der Waals surface area contributed by atoms with Gasteiger partial charge in [0.1, 0.15) is 35.8 Å². The lowest BCUT2D eigenvalue weighted by Gasteiger charge is -2.28. The van der Waals surface area contributed by atoms with Crippen LogP contribution in [0.25, 0.3) is 11.2 Å². The predicted octanol–water partition coefficient (Wildman–Crippen LogP) is -0.296. The van der Waals surface area contributed by atoms with Crippen LogP contribution in [0.4, 0.5) is 11.6 Å². The molecule has 0 aliphatic carbocycles. The predicted molar refractivity (Wildman–Crippen MR) is 109 cm³/mol. The van der Waals surface area contributed by atoms with Crippen LogP contribution in [0.3, 0.4) is 0 Å². The molecule has 4 N–H and O–H groups in total. The first-order chi connectivity index (χ1) is 14.9. The summed E-state index contributed by atoms with van der Waals surface area (Å²) in [5, 5.41) is 33.9. The molecule has 3 aromatic rings. The Morgan fingerprint density at radius 2 is 1.97 bits per heavy atom. The summed E-state index contributed by atoms with van der Waals surface area (Å²) in [5.41, 5.74) is -0.549. The molecule has 5 rings (SSSR count). The highest BCUT2D eigenvalue weighted by Crippen LogP contribution is 2.36. The lowest BCUT2D eigenvalue weighted by atomic mass is 10.1. The Balaban J connectivity index is 1.39. The van der Waals surface area contributed by atoms with Crippen molar-refractivity contribution in [2.75, 3.05) is 23.3 Å². The van der Waals surface area contributed by atoms with E-state index in [4.69, 9.17) is 16.3 Å². The molecule has 12 nitrogen and oxygen atoms in total. The minimum atomic E-state index is -1.52. The van der Waals surface area contributed by atoms with Crippen molar-refractivity contribution in [2.24, 2.45) is 0 Å². The Labute approximate surface area is 181 Å². The third-order valence-corrected chi connectivity index (χ3v) is 6.01. The van der Waals surface area contributed by atoms with E-state index in [1.54, 1.807) is 13.0 Å². The third-order valence-electron chi connectivity index (χ3n) is 5.81. The minimum absolute atomic E-state index is 0.0875. The molecule has 2 aliphatic rings. The third kappa shape index (κ3) is 3.36. The summed E-state index contributed by atoms with van der Waals surface area (Å²) in [7, 11) is 0. The van der Waals surface area contributed by atoms with Gasteiger partial charge in [0.25, 0.3) is 0 Å². The zero-order chi connectivity index (χ0) is 21.8. The standard InChI is InChI=1S/C18H21ClN8O4/c1-18(14(29)13(28)17(30)31-18)27-8-24-12-15(22-7-23-16(12)27)25-9-2-3-26(5-9)11-4-10(19)20-6-21-11/h4,6-9,13-14,17,28-30H,2-3,5H2,1H3,(H,22,23,25)/t9-,13-,14+,17+,18+/m0/s1. The highest BCUT2D eigenvalue weighted by molar-refractivity contribution is 6.29. The molecule has 2 fully saturated rings. The van der Waals surface area contributed by atoms with Crippen LogP contribution in [0.2, 0.25) is 5.15 Å². The number of nitrogens with zero attached hydrogens (tertiary/aromatic N) is 7. The van der Waals surface area contributed by atoms with Gasteiger partial charge in [0.15, 0.2) is 29.0 Å². The van der Waals surface area contributed by atoms with E-state index >= 15 is 0 Å². The fourth-order valence-corrected chi connectivity index (χ4v) is 4.24. The first-order valence-electron chi connectivity index (χ1n) is 9.76. The maximum atomic E-state index is 10.4. The van der Waals surface area contributed by atoms with Crippen molar-refractivity contribution in [2.45, 2.75) is 43.6 Å². The van der Waals surface area contributed by atoms with E-state index in [-0.39, 0.29) is 6.04 Å². The highest BCUT2D eigenvalue weighted by atomic mass is 35.5. The molecule has 164 valence electrons. The summed E-state index contributed by atoms with van der Waals surface area (Å²) < 4.78 is 6.93. The molecule has 3 aromatic heterocycles. The summed E-state index contributed by atoms with van der Waals surface area (Å²) >= 11 is 5.97. The van der Waals surface area contributed by atoms with Crippen molar-refractivity contribution in [3.8, 4) is 0 Å². The molecule has 0 bridgehead atoms. The average molecular weight is 449 g/mol. The van der Waals surface area contributed by atoms with Crippen molar-refractivity contribution in [1.29, 1.82) is 0 Å². The fraction of sp³-hybridized carbons (Fsp3) is 0.500. The van der Waals surface area contributed by atoms with E-state index < -0.39 is 24.2 Å². The largest absolute Gasteiger partial charge is 0.385 e. The van der Waals surface area contributed by atoms with Crippen molar-refractivity contribution < 1.29 is 20.1 Å². The van der Waals surface area contributed by atoms with Crippen LogP contribution >= 0.6 is 11.6 Å². The number of aliphatic hydroxyl groups excluding tert-OH is 3. The summed E-state index contributed by atoms with van der Waals surface area (Å²) in [4.78, 5) is 23.3. The number of imidazole rings is 1. The van der Waals surface area contributed by atoms with Gasteiger partial charge in [0.05, 0.1) is 6.33 Å². The van der Waals surface area contributed by atoms with Gasteiger partial charge >= 0.3 is 0 Å². The molecule has 2 aliphatic heterocycles. The Bertz CT molecular complexity index is 1120. The molecule has 5 atom stereocenters. The van der Waals surface area contributed by atoms with Gasteiger partial charge < -0.3 is 30.3 Å². The van der Waals surface area contributed by atoms with Crippen molar-refractivity contribution in [1.82, 2.24) is 29.5 Å². The van der Waals surface area contributed by atoms with Gasteiger partial charge in [-0.2, -0.15) is 0 Å². The van der Waals surface area contributed by atoms with Crippen LogP contribution in [0, 0.1) is 0 Å². The average Bonchev–Trinajstić information content (AvgIpc) is 3.44. The van der Waals surface area contributed by atoms with Gasteiger partial charge in [0.2, 0.25) is 0 Å². The number of rotatable bonds is 4. The van der Waals surface area contributed by atoms with Crippen LogP contribution < -0.4 is 10.2 Å². The van der Waals surface area contributed by atoms with E-state index in [2.05, 4.69) is 35.1 Å². The molecule has 13 heteroatoms. The number of aliphatic hydroxyl groups is 3. The van der Waals surface area contributed by atoms with Gasteiger partial charge in [-0.3, -0.25) is 4.57 Å². The molecule has 0 unspecified atom stereocenters. The van der Waals surface area contributed by atoms with Gasteiger partial charge in [-0.1, -0.05) is 11.6 Å². The SMILES string of the molecule is C[C@@]1(n2cnc3c(N[C@H]4CCN(c5cc(Cl)ncn5)C4)ncnc32)O[C@@H](O)[C@@H](O)[C@H]1O. The second kappa shape index (κ2) is 7.50. The zero-order valence-corrected chi connectivity index (χ0v) is 17.3.